The number of amides is 1. The molecule has 2 heterocycles. The van der Waals surface area contributed by atoms with Crippen molar-refractivity contribution in [2.45, 2.75) is 39.2 Å². The molecule has 1 atom stereocenters. The van der Waals surface area contributed by atoms with Gasteiger partial charge in [-0.25, -0.2) is 9.78 Å². The van der Waals surface area contributed by atoms with Gasteiger partial charge in [-0.3, -0.25) is 0 Å². The lowest BCUT2D eigenvalue weighted by Crippen LogP contribution is -2.35. The SMILES string of the molecule is COc1cc(C[C@H]2CCN(C(=O)OC(C)(C)C)C2)ccn1. The van der Waals surface area contributed by atoms with E-state index in [0.29, 0.717) is 11.8 Å². The van der Waals surface area contributed by atoms with Gasteiger partial charge in [0, 0.05) is 25.4 Å². The summed E-state index contributed by atoms with van der Waals surface area (Å²) in [5.74, 6) is 1.10. The normalized spacial score (nSPS) is 18.7. The number of carbonyl (C=O) groups excluding carboxylic acids is 1. The highest BCUT2D eigenvalue weighted by Gasteiger charge is 2.29. The number of ether oxygens (including phenoxy) is 2. The summed E-state index contributed by atoms with van der Waals surface area (Å²) in [5, 5.41) is 0. The summed E-state index contributed by atoms with van der Waals surface area (Å²) in [5.41, 5.74) is 0.756. The fraction of sp³-hybridized carbons (Fsp3) is 0.625. The number of pyridine rings is 1. The van der Waals surface area contributed by atoms with E-state index in [1.807, 2.05) is 32.9 Å². The standard InChI is InChI=1S/C16H24N2O3/c1-16(2,3)21-15(19)18-8-6-13(11-18)9-12-5-7-17-14(10-12)20-4/h5,7,10,13H,6,8-9,11H2,1-4H3/t13-/m1/s1. The molecule has 1 aliphatic rings. The minimum atomic E-state index is -0.437. The fourth-order valence-corrected chi connectivity index (χ4v) is 2.51. The van der Waals surface area contributed by atoms with E-state index in [1.165, 1.54) is 5.56 Å². The monoisotopic (exact) mass is 292 g/mol. The van der Waals surface area contributed by atoms with Crippen LogP contribution in [0.3, 0.4) is 0 Å². The van der Waals surface area contributed by atoms with Gasteiger partial charge < -0.3 is 14.4 Å². The summed E-state index contributed by atoms with van der Waals surface area (Å²) >= 11 is 0. The maximum atomic E-state index is 12.0. The Hall–Kier alpha value is -1.78. The van der Waals surface area contributed by atoms with E-state index >= 15 is 0 Å². The molecule has 0 radical (unpaired) electrons. The number of methoxy groups -OCH3 is 1. The lowest BCUT2D eigenvalue weighted by molar-refractivity contribution is 0.0288. The van der Waals surface area contributed by atoms with E-state index in [2.05, 4.69) is 4.98 Å². The molecule has 5 nitrogen and oxygen atoms in total. The van der Waals surface area contributed by atoms with Crippen molar-refractivity contribution in [3.63, 3.8) is 0 Å². The van der Waals surface area contributed by atoms with Gasteiger partial charge in [-0.2, -0.15) is 0 Å². The second-order valence-electron chi connectivity index (χ2n) is 6.49. The Morgan fingerprint density at radius 3 is 2.90 bits per heavy atom. The van der Waals surface area contributed by atoms with Crippen molar-refractivity contribution in [3.8, 4) is 5.88 Å². The van der Waals surface area contributed by atoms with Crippen LogP contribution in [0, 0.1) is 5.92 Å². The summed E-state index contributed by atoms with van der Waals surface area (Å²) in [6.07, 6.45) is 3.48. The van der Waals surface area contributed by atoms with Gasteiger partial charge in [-0.1, -0.05) is 0 Å². The Bertz CT molecular complexity index is 497. The zero-order valence-electron chi connectivity index (χ0n) is 13.3. The van der Waals surface area contributed by atoms with Gasteiger partial charge in [-0.05, 0) is 51.2 Å². The van der Waals surface area contributed by atoms with Crippen LogP contribution >= 0.6 is 0 Å². The molecule has 0 spiro atoms. The van der Waals surface area contributed by atoms with Crippen LogP contribution < -0.4 is 4.74 Å². The second-order valence-corrected chi connectivity index (χ2v) is 6.49. The van der Waals surface area contributed by atoms with Crippen LogP contribution in [0.25, 0.3) is 0 Å². The van der Waals surface area contributed by atoms with E-state index in [1.54, 1.807) is 18.2 Å². The largest absolute Gasteiger partial charge is 0.481 e. The van der Waals surface area contributed by atoms with Crippen molar-refractivity contribution in [1.82, 2.24) is 9.88 Å². The average molecular weight is 292 g/mol. The van der Waals surface area contributed by atoms with Crippen molar-refractivity contribution in [2.75, 3.05) is 20.2 Å². The molecule has 1 amide bonds. The first-order valence-electron chi connectivity index (χ1n) is 7.34. The number of hydrogen-bond donors (Lipinski definition) is 0. The molecular weight excluding hydrogens is 268 g/mol. The molecule has 0 bridgehead atoms. The number of aromatic nitrogens is 1. The maximum absolute atomic E-state index is 12.0. The molecule has 21 heavy (non-hydrogen) atoms. The predicted molar refractivity (Wildman–Crippen MR) is 80.4 cm³/mol. The number of likely N-dealkylation sites (tertiary alicyclic amines) is 1. The molecule has 0 aromatic carbocycles. The smallest absolute Gasteiger partial charge is 0.410 e. The second kappa shape index (κ2) is 6.33. The van der Waals surface area contributed by atoms with Gasteiger partial charge >= 0.3 is 6.09 Å². The van der Waals surface area contributed by atoms with Crippen LogP contribution in [-0.4, -0.2) is 41.8 Å². The van der Waals surface area contributed by atoms with E-state index in [-0.39, 0.29) is 6.09 Å². The number of nitrogens with zero attached hydrogens (tertiary/aromatic N) is 2. The van der Waals surface area contributed by atoms with Crippen LogP contribution in [0.2, 0.25) is 0 Å². The van der Waals surface area contributed by atoms with Gasteiger partial charge in [0.05, 0.1) is 7.11 Å². The summed E-state index contributed by atoms with van der Waals surface area (Å²) in [4.78, 5) is 17.9. The zero-order chi connectivity index (χ0) is 15.5. The lowest BCUT2D eigenvalue weighted by atomic mass is 9.99. The van der Waals surface area contributed by atoms with Gasteiger partial charge in [-0.15, -0.1) is 0 Å². The van der Waals surface area contributed by atoms with Crippen molar-refractivity contribution >= 4 is 6.09 Å². The lowest BCUT2D eigenvalue weighted by Gasteiger charge is -2.24. The highest BCUT2D eigenvalue weighted by Crippen LogP contribution is 2.23. The van der Waals surface area contributed by atoms with Gasteiger partial charge in [0.1, 0.15) is 5.60 Å². The van der Waals surface area contributed by atoms with Crippen molar-refractivity contribution < 1.29 is 14.3 Å². The molecule has 1 aliphatic heterocycles. The number of carbonyl (C=O) groups is 1. The maximum Gasteiger partial charge on any atom is 0.410 e. The van der Waals surface area contributed by atoms with Gasteiger partial charge in [0.15, 0.2) is 0 Å². The number of hydrogen-bond acceptors (Lipinski definition) is 4. The van der Waals surface area contributed by atoms with Crippen LogP contribution in [0.15, 0.2) is 18.3 Å². The Balaban J connectivity index is 1.89. The van der Waals surface area contributed by atoms with E-state index in [9.17, 15) is 4.79 Å². The molecule has 0 unspecified atom stereocenters. The summed E-state index contributed by atoms with van der Waals surface area (Å²) in [7, 11) is 1.62. The van der Waals surface area contributed by atoms with Gasteiger partial charge in [0.25, 0.3) is 0 Å². The quantitative estimate of drug-likeness (QED) is 0.859. The summed E-state index contributed by atoms with van der Waals surface area (Å²) in [6, 6.07) is 3.95. The molecule has 1 aromatic rings. The minimum Gasteiger partial charge on any atom is -0.481 e. The third-order valence-corrected chi connectivity index (χ3v) is 3.47. The summed E-state index contributed by atoms with van der Waals surface area (Å²) < 4.78 is 10.6. The van der Waals surface area contributed by atoms with Crippen LogP contribution in [0.4, 0.5) is 4.79 Å². The Labute approximate surface area is 126 Å². The average Bonchev–Trinajstić information content (AvgIpc) is 2.85. The topological polar surface area (TPSA) is 51.7 Å². The van der Waals surface area contributed by atoms with E-state index in [4.69, 9.17) is 9.47 Å². The first-order chi connectivity index (χ1) is 9.87. The van der Waals surface area contributed by atoms with Crippen LogP contribution in [0.5, 0.6) is 5.88 Å². The molecule has 2 rings (SSSR count). The van der Waals surface area contributed by atoms with Crippen LogP contribution in [0.1, 0.15) is 32.8 Å². The predicted octanol–water partition coefficient (Wildman–Crippen LogP) is 2.89. The van der Waals surface area contributed by atoms with Crippen molar-refractivity contribution in [2.24, 2.45) is 5.92 Å². The third-order valence-electron chi connectivity index (χ3n) is 3.47. The molecule has 0 saturated carbocycles. The van der Waals surface area contributed by atoms with Crippen molar-refractivity contribution in [3.05, 3.63) is 23.9 Å². The van der Waals surface area contributed by atoms with E-state index in [0.717, 1.165) is 25.9 Å². The zero-order valence-corrected chi connectivity index (χ0v) is 13.3. The molecule has 116 valence electrons. The first-order valence-corrected chi connectivity index (χ1v) is 7.34. The first kappa shape index (κ1) is 15.6. The highest BCUT2D eigenvalue weighted by atomic mass is 16.6. The number of rotatable bonds is 3. The molecule has 0 N–H and O–H groups in total. The Kier molecular flexibility index (Phi) is 4.70. The minimum absolute atomic E-state index is 0.211. The molecule has 1 aromatic heterocycles. The van der Waals surface area contributed by atoms with E-state index < -0.39 is 5.60 Å². The van der Waals surface area contributed by atoms with Crippen molar-refractivity contribution in [1.29, 1.82) is 0 Å². The highest BCUT2D eigenvalue weighted by molar-refractivity contribution is 5.68. The molecule has 0 aliphatic carbocycles. The molecule has 1 saturated heterocycles. The Morgan fingerprint density at radius 1 is 1.48 bits per heavy atom. The van der Waals surface area contributed by atoms with Gasteiger partial charge in [0.2, 0.25) is 5.88 Å². The molecular formula is C16H24N2O3. The molecule has 5 heteroatoms. The fourth-order valence-electron chi connectivity index (χ4n) is 2.51. The Morgan fingerprint density at radius 2 is 2.24 bits per heavy atom. The van der Waals surface area contributed by atoms with Crippen LogP contribution in [-0.2, 0) is 11.2 Å². The molecule has 1 fully saturated rings. The summed E-state index contributed by atoms with van der Waals surface area (Å²) in [6.45, 7) is 7.19. The third kappa shape index (κ3) is 4.62.